The smallest absolute Gasteiger partial charge is 0.273 e. The van der Waals surface area contributed by atoms with E-state index in [2.05, 4.69) is 10.5 Å². The van der Waals surface area contributed by atoms with Gasteiger partial charge in [-0.05, 0) is 67.1 Å². The van der Waals surface area contributed by atoms with Gasteiger partial charge in [0, 0.05) is 10.6 Å². The van der Waals surface area contributed by atoms with E-state index in [1.165, 1.54) is 17.6 Å². The third kappa shape index (κ3) is 6.62. The molecule has 206 valence electrons. The summed E-state index contributed by atoms with van der Waals surface area (Å²) < 4.78 is 39.7. The Hall–Kier alpha value is -4.34. The van der Waals surface area contributed by atoms with E-state index >= 15 is 0 Å². The van der Waals surface area contributed by atoms with Crippen molar-refractivity contribution < 1.29 is 22.7 Å². The number of sulfonamides is 1. The molecular formula is C30H28ClN3O5S. The molecule has 0 saturated carbocycles. The van der Waals surface area contributed by atoms with E-state index in [4.69, 9.17) is 21.1 Å². The zero-order valence-electron chi connectivity index (χ0n) is 22.2. The molecule has 4 aromatic rings. The minimum atomic E-state index is -4.06. The molecule has 8 nitrogen and oxygen atoms in total. The molecule has 10 heteroatoms. The summed E-state index contributed by atoms with van der Waals surface area (Å²) in [6.07, 6.45) is 1.43. The molecule has 0 unspecified atom stereocenters. The number of anilines is 1. The minimum absolute atomic E-state index is 0.0258. The van der Waals surface area contributed by atoms with Crippen LogP contribution >= 0.6 is 11.6 Å². The number of ether oxygens (including phenoxy) is 2. The van der Waals surface area contributed by atoms with Crippen LogP contribution in [0.2, 0.25) is 5.02 Å². The van der Waals surface area contributed by atoms with Crippen LogP contribution in [-0.4, -0.2) is 34.8 Å². The van der Waals surface area contributed by atoms with Crippen molar-refractivity contribution in [1.29, 1.82) is 0 Å². The lowest BCUT2D eigenvalue weighted by atomic mass is 10.1. The van der Waals surface area contributed by atoms with Crippen molar-refractivity contribution in [3.05, 3.63) is 118 Å². The van der Waals surface area contributed by atoms with E-state index in [0.29, 0.717) is 27.6 Å². The van der Waals surface area contributed by atoms with Gasteiger partial charge < -0.3 is 9.47 Å². The summed E-state index contributed by atoms with van der Waals surface area (Å²) in [4.78, 5) is 13.4. The molecule has 0 aliphatic rings. The molecule has 0 spiro atoms. The van der Waals surface area contributed by atoms with Crippen LogP contribution in [0.25, 0.3) is 0 Å². The van der Waals surface area contributed by atoms with Crippen molar-refractivity contribution in [2.75, 3.05) is 18.5 Å². The Bertz CT molecular complexity index is 1620. The maximum Gasteiger partial charge on any atom is 0.273 e. The van der Waals surface area contributed by atoms with Gasteiger partial charge in [-0.15, -0.1) is 0 Å². The van der Waals surface area contributed by atoms with Gasteiger partial charge in [-0.2, -0.15) is 5.10 Å². The zero-order valence-corrected chi connectivity index (χ0v) is 23.7. The molecule has 0 radical (unpaired) electrons. The monoisotopic (exact) mass is 577 g/mol. The van der Waals surface area contributed by atoms with Gasteiger partial charge in [0.25, 0.3) is 15.9 Å². The number of aryl methyl sites for hydroxylation is 1. The molecule has 4 rings (SSSR count). The Kier molecular flexibility index (Phi) is 9.08. The van der Waals surface area contributed by atoms with E-state index in [9.17, 15) is 13.2 Å². The fraction of sp³-hybridized carbons (Fsp3) is 0.133. The maximum atomic E-state index is 13.9. The Morgan fingerprint density at radius 2 is 1.65 bits per heavy atom. The largest absolute Gasteiger partial charge is 0.497 e. The van der Waals surface area contributed by atoms with Crippen LogP contribution in [0, 0.1) is 6.92 Å². The lowest BCUT2D eigenvalue weighted by Gasteiger charge is -2.26. The highest BCUT2D eigenvalue weighted by atomic mass is 35.5. The molecule has 1 amide bonds. The second kappa shape index (κ2) is 12.7. The van der Waals surface area contributed by atoms with Crippen LogP contribution in [0.3, 0.4) is 0 Å². The number of halogens is 1. The topological polar surface area (TPSA) is 97.3 Å². The van der Waals surface area contributed by atoms with Crippen LogP contribution in [0.5, 0.6) is 11.5 Å². The average molecular weight is 578 g/mol. The van der Waals surface area contributed by atoms with Gasteiger partial charge in [0.15, 0.2) is 0 Å². The molecule has 0 aliphatic carbocycles. The first-order valence-corrected chi connectivity index (χ1v) is 14.0. The summed E-state index contributed by atoms with van der Waals surface area (Å²) >= 11 is 6.05. The van der Waals surface area contributed by atoms with Gasteiger partial charge >= 0.3 is 0 Å². The van der Waals surface area contributed by atoms with Crippen molar-refractivity contribution >= 4 is 39.4 Å². The average Bonchev–Trinajstić information content (AvgIpc) is 2.96. The number of nitrogens with zero attached hydrogens (tertiary/aromatic N) is 2. The van der Waals surface area contributed by atoms with Crippen LogP contribution in [0.4, 0.5) is 5.69 Å². The molecule has 4 aromatic carbocycles. The Balaban J connectivity index is 1.70. The van der Waals surface area contributed by atoms with E-state index in [1.807, 2.05) is 6.92 Å². The number of nitrogens with one attached hydrogen (secondary N) is 1. The molecular weight excluding hydrogens is 550 g/mol. The van der Waals surface area contributed by atoms with Crippen molar-refractivity contribution in [3.63, 3.8) is 0 Å². The first-order chi connectivity index (χ1) is 19.2. The van der Waals surface area contributed by atoms with Gasteiger partial charge in [-0.1, -0.05) is 53.6 Å². The minimum Gasteiger partial charge on any atom is -0.497 e. The van der Waals surface area contributed by atoms with E-state index in [1.54, 1.807) is 98.1 Å². The Labute approximate surface area is 238 Å². The second-order valence-corrected chi connectivity index (χ2v) is 11.1. The summed E-state index contributed by atoms with van der Waals surface area (Å²) in [5.74, 6) is 0.546. The third-order valence-corrected chi connectivity index (χ3v) is 8.10. The fourth-order valence-corrected chi connectivity index (χ4v) is 5.53. The molecule has 1 N–H and O–H groups in total. The Morgan fingerprint density at radius 1 is 0.950 bits per heavy atom. The number of hydrazone groups is 1. The van der Waals surface area contributed by atoms with Gasteiger partial charge in [0.1, 0.15) is 11.5 Å². The summed E-state index contributed by atoms with van der Waals surface area (Å²) in [6.45, 7) is 1.85. The number of amides is 1. The molecule has 0 fully saturated rings. The highest BCUT2D eigenvalue weighted by Crippen LogP contribution is 2.30. The number of hydrogen-bond donors (Lipinski definition) is 1. The first-order valence-electron chi connectivity index (χ1n) is 12.2. The summed E-state index contributed by atoms with van der Waals surface area (Å²) in [5.41, 5.74) is 5.02. The molecule has 0 bridgehead atoms. The molecule has 0 aromatic heterocycles. The third-order valence-electron chi connectivity index (χ3n) is 6.07. The van der Waals surface area contributed by atoms with Gasteiger partial charge in [-0.25, -0.2) is 13.8 Å². The molecule has 0 aliphatic heterocycles. The molecule has 40 heavy (non-hydrogen) atoms. The maximum absolute atomic E-state index is 13.9. The molecule has 0 saturated heterocycles. The predicted octanol–water partition coefficient (Wildman–Crippen LogP) is 5.83. The lowest BCUT2D eigenvalue weighted by Crippen LogP contribution is -2.33. The van der Waals surface area contributed by atoms with Gasteiger partial charge in [0.05, 0.1) is 43.1 Å². The highest BCUT2D eigenvalue weighted by molar-refractivity contribution is 7.92. The number of carbonyl (C=O) groups is 1. The van der Waals surface area contributed by atoms with E-state index in [-0.39, 0.29) is 22.7 Å². The van der Waals surface area contributed by atoms with Crippen molar-refractivity contribution in [2.45, 2.75) is 18.4 Å². The second-order valence-electron chi connectivity index (χ2n) is 8.78. The highest BCUT2D eigenvalue weighted by Gasteiger charge is 2.28. The van der Waals surface area contributed by atoms with Gasteiger partial charge in [0.2, 0.25) is 0 Å². The van der Waals surface area contributed by atoms with E-state index in [0.717, 1.165) is 5.56 Å². The van der Waals surface area contributed by atoms with Crippen molar-refractivity contribution in [2.24, 2.45) is 5.10 Å². The molecule has 0 heterocycles. The van der Waals surface area contributed by atoms with Crippen LogP contribution < -0.4 is 19.2 Å². The summed E-state index contributed by atoms with van der Waals surface area (Å²) in [7, 11) is -0.995. The lowest BCUT2D eigenvalue weighted by molar-refractivity contribution is 0.0955. The summed E-state index contributed by atoms with van der Waals surface area (Å²) in [6, 6.07) is 25.1. The normalized spacial score (nSPS) is 11.3. The number of hydrogen-bond acceptors (Lipinski definition) is 6. The predicted molar refractivity (Wildman–Crippen MR) is 157 cm³/mol. The van der Waals surface area contributed by atoms with Crippen LogP contribution in [0.15, 0.2) is 101 Å². The summed E-state index contributed by atoms with van der Waals surface area (Å²) in [5, 5.41) is 4.61. The van der Waals surface area contributed by atoms with E-state index < -0.39 is 15.9 Å². The number of para-hydroxylation sites is 1. The first kappa shape index (κ1) is 28.7. The van der Waals surface area contributed by atoms with Crippen LogP contribution in [0.1, 0.15) is 27.0 Å². The van der Waals surface area contributed by atoms with Crippen LogP contribution in [-0.2, 0) is 16.6 Å². The zero-order chi connectivity index (χ0) is 28.7. The molecule has 0 atom stereocenters. The van der Waals surface area contributed by atoms with Gasteiger partial charge in [-0.3, -0.25) is 9.10 Å². The standard InChI is InChI=1S/C30H28ClN3O5S/c1-21-8-15-26(16-9-21)40(36,37)34(20-22-10-12-24(31)13-11-22)28-7-5-4-6-27(28)30(35)33-32-19-23-18-25(38-2)14-17-29(23)39-3/h4-19H,20H2,1-3H3,(H,33,35)/b32-19-. The fourth-order valence-electron chi connectivity index (χ4n) is 3.94. The van der Waals surface area contributed by atoms with Crippen molar-refractivity contribution in [1.82, 2.24) is 5.43 Å². The number of benzene rings is 4. The number of rotatable bonds is 10. The quantitative estimate of drug-likeness (QED) is 0.189. The Morgan fingerprint density at radius 3 is 2.33 bits per heavy atom. The SMILES string of the molecule is COc1ccc(OC)c(/C=N\NC(=O)c2ccccc2N(Cc2ccc(Cl)cc2)S(=O)(=O)c2ccc(C)cc2)c1. The number of methoxy groups -OCH3 is 2. The number of carbonyl (C=O) groups excluding carboxylic acids is 1. The van der Waals surface area contributed by atoms with Crippen molar-refractivity contribution in [3.8, 4) is 11.5 Å².